The maximum atomic E-state index is 12.4. The Morgan fingerprint density at radius 3 is 2.76 bits per heavy atom. The Hall–Kier alpha value is -1.85. The molecule has 3 rings (SSSR count). The largest absolute Gasteiger partial charge is 0.481 e. The molecule has 1 aliphatic carbocycles. The molecule has 1 saturated carbocycles. The van der Waals surface area contributed by atoms with Crippen LogP contribution in [-0.4, -0.2) is 37.7 Å². The minimum Gasteiger partial charge on any atom is -0.481 e. The highest BCUT2D eigenvalue weighted by Crippen LogP contribution is 2.42. The van der Waals surface area contributed by atoms with Crippen LogP contribution in [-0.2, 0) is 16.1 Å². The number of hydrogen-bond acceptors (Lipinski definition) is 3. The number of carboxylic acids is 1. The Balaban J connectivity index is 2.00. The standard InChI is InChI=1S/C15H21N3O3/c1-2-17-9-10(8-16-17)14-12(15(20)21)4-3-5-13(19)18(14)11-6-7-11/h8-9,11-12,14H,2-7H2,1H3,(H,20,21). The zero-order valence-electron chi connectivity index (χ0n) is 12.2. The van der Waals surface area contributed by atoms with Gasteiger partial charge in [-0.05, 0) is 32.6 Å². The molecule has 1 aromatic rings. The van der Waals surface area contributed by atoms with Gasteiger partial charge >= 0.3 is 5.97 Å². The first-order chi connectivity index (χ1) is 10.1. The number of hydrogen-bond donors (Lipinski definition) is 1. The summed E-state index contributed by atoms with van der Waals surface area (Å²) in [5, 5.41) is 13.9. The average Bonchev–Trinajstić information content (AvgIpc) is 3.20. The highest BCUT2D eigenvalue weighted by Gasteiger charge is 2.45. The van der Waals surface area contributed by atoms with Crippen molar-refractivity contribution in [1.29, 1.82) is 0 Å². The molecule has 1 aliphatic heterocycles. The van der Waals surface area contributed by atoms with Crippen molar-refractivity contribution in [2.75, 3.05) is 0 Å². The minimum atomic E-state index is -0.815. The van der Waals surface area contributed by atoms with Crippen molar-refractivity contribution in [3.63, 3.8) is 0 Å². The lowest BCUT2D eigenvalue weighted by Crippen LogP contribution is -2.40. The topological polar surface area (TPSA) is 75.4 Å². The number of aryl methyl sites for hydroxylation is 1. The molecule has 2 heterocycles. The summed E-state index contributed by atoms with van der Waals surface area (Å²) in [6, 6.07) is -0.155. The summed E-state index contributed by atoms with van der Waals surface area (Å²) in [5.74, 6) is -1.26. The molecule has 0 spiro atoms. The number of amides is 1. The summed E-state index contributed by atoms with van der Waals surface area (Å²) in [5.41, 5.74) is 0.853. The van der Waals surface area contributed by atoms with Crippen molar-refractivity contribution in [2.24, 2.45) is 5.92 Å². The SMILES string of the molecule is CCn1cc(C2C(C(=O)O)CCCC(=O)N2C2CC2)cn1. The van der Waals surface area contributed by atoms with E-state index >= 15 is 0 Å². The molecule has 2 atom stereocenters. The van der Waals surface area contributed by atoms with E-state index in [-0.39, 0.29) is 18.0 Å². The van der Waals surface area contributed by atoms with E-state index in [4.69, 9.17) is 0 Å². The lowest BCUT2D eigenvalue weighted by atomic mass is 9.90. The van der Waals surface area contributed by atoms with Gasteiger partial charge in [0.2, 0.25) is 5.91 Å². The number of carbonyl (C=O) groups excluding carboxylic acids is 1. The molecule has 0 aromatic carbocycles. The van der Waals surface area contributed by atoms with E-state index in [1.165, 1.54) is 0 Å². The second kappa shape index (κ2) is 5.50. The molecule has 21 heavy (non-hydrogen) atoms. The Bertz CT molecular complexity index is 550. The molecule has 114 valence electrons. The van der Waals surface area contributed by atoms with Crippen LogP contribution >= 0.6 is 0 Å². The van der Waals surface area contributed by atoms with Crippen LogP contribution in [0.15, 0.2) is 12.4 Å². The van der Waals surface area contributed by atoms with Crippen LogP contribution in [0.2, 0.25) is 0 Å². The van der Waals surface area contributed by atoms with E-state index < -0.39 is 11.9 Å². The Kier molecular flexibility index (Phi) is 3.69. The number of carboxylic acid groups (broad SMARTS) is 1. The van der Waals surface area contributed by atoms with Crippen LogP contribution in [0.5, 0.6) is 0 Å². The quantitative estimate of drug-likeness (QED) is 0.918. The second-order valence-electron chi connectivity index (χ2n) is 5.94. The smallest absolute Gasteiger partial charge is 0.308 e. The number of likely N-dealkylation sites (tertiary alicyclic amines) is 1. The molecule has 2 unspecified atom stereocenters. The molecule has 2 aliphatic rings. The van der Waals surface area contributed by atoms with Crippen molar-refractivity contribution in [3.8, 4) is 0 Å². The van der Waals surface area contributed by atoms with Crippen LogP contribution in [0.3, 0.4) is 0 Å². The van der Waals surface area contributed by atoms with Gasteiger partial charge in [0.25, 0.3) is 0 Å². The van der Waals surface area contributed by atoms with Gasteiger partial charge in [0.05, 0.1) is 18.2 Å². The van der Waals surface area contributed by atoms with Crippen molar-refractivity contribution in [1.82, 2.24) is 14.7 Å². The predicted molar refractivity (Wildman–Crippen MR) is 75.5 cm³/mol. The summed E-state index contributed by atoms with van der Waals surface area (Å²) in [7, 11) is 0. The second-order valence-corrected chi connectivity index (χ2v) is 5.94. The molecule has 1 N–H and O–H groups in total. The molecule has 1 amide bonds. The number of carbonyl (C=O) groups is 2. The third kappa shape index (κ3) is 2.66. The van der Waals surface area contributed by atoms with Gasteiger partial charge in [-0.25, -0.2) is 0 Å². The Morgan fingerprint density at radius 1 is 1.43 bits per heavy atom. The molecular formula is C15H21N3O3. The Labute approximate surface area is 123 Å². The van der Waals surface area contributed by atoms with Crippen molar-refractivity contribution in [2.45, 2.75) is 57.7 Å². The summed E-state index contributed by atoms with van der Waals surface area (Å²) in [6.45, 7) is 2.73. The molecule has 0 bridgehead atoms. The van der Waals surface area contributed by atoms with Gasteiger partial charge in [-0.3, -0.25) is 14.3 Å². The van der Waals surface area contributed by atoms with Crippen LogP contribution in [0, 0.1) is 5.92 Å². The number of nitrogens with zero attached hydrogens (tertiary/aromatic N) is 3. The zero-order chi connectivity index (χ0) is 15.0. The first-order valence-corrected chi connectivity index (χ1v) is 7.68. The fraction of sp³-hybridized carbons (Fsp3) is 0.667. The number of aliphatic carboxylic acids is 1. The summed E-state index contributed by atoms with van der Waals surface area (Å²) in [4.78, 5) is 26.0. The maximum Gasteiger partial charge on any atom is 0.308 e. The zero-order valence-corrected chi connectivity index (χ0v) is 12.2. The van der Waals surface area contributed by atoms with E-state index in [1.54, 1.807) is 10.9 Å². The lowest BCUT2D eigenvalue weighted by molar-refractivity contribution is -0.146. The van der Waals surface area contributed by atoms with Gasteiger partial charge < -0.3 is 10.0 Å². The molecule has 6 nitrogen and oxygen atoms in total. The normalized spacial score (nSPS) is 26.7. The van der Waals surface area contributed by atoms with Crippen LogP contribution in [0.25, 0.3) is 0 Å². The van der Waals surface area contributed by atoms with Crippen LogP contribution < -0.4 is 0 Å². The fourth-order valence-electron chi connectivity index (χ4n) is 3.25. The fourth-order valence-corrected chi connectivity index (χ4v) is 3.25. The van der Waals surface area contributed by atoms with Gasteiger partial charge in [-0.1, -0.05) is 0 Å². The lowest BCUT2D eigenvalue weighted by Gasteiger charge is -2.33. The van der Waals surface area contributed by atoms with E-state index in [0.29, 0.717) is 19.3 Å². The molecule has 1 saturated heterocycles. The third-order valence-corrected chi connectivity index (χ3v) is 4.45. The van der Waals surface area contributed by atoms with Gasteiger partial charge in [0.1, 0.15) is 0 Å². The first-order valence-electron chi connectivity index (χ1n) is 7.68. The number of aromatic nitrogens is 2. The molecular weight excluding hydrogens is 270 g/mol. The van der Waals surface area contributed by atoms with Crippen molar-refractivity contribution < 1.29 is 14.7 Å². The van der Waals surface area contributed by atoms with E-state index in [1.807, 2.05) is 18.0 Å². The maximum absolute atomic E-state index is 12.4. The highest BCUT2D eigenvalue weighted by atomic mass is 16.4. The monoisotopic (exact) mass is 291 g/mol. The predicted octanol–water partition coefficient (Wildman–Crippen LogP) is 1.82. The van der Waals surface area contributed by atoms with Gasteiger partial charge in [-0.15, -0.1) is 0 Å². The first kappa shape index (κ1) is 14.1. The van der Waals surface area contributed by atoms with Gasteiger partial charge in [0.15, 0.2) is 0 Å². The summed E-state index contributed by atoms with van der Waals surface area (Å²) in [6.07, 6.45) is 7.22. The van der Waals surface area contributed by atoms with Crippen molar-refractivity contribution >= 4 is 11.9 Å². The Morgan fingerprint density at radius 2 is 2.19 bits per heavy atom. The number of rotatable bonds is 4. The molecule has 1 aromatic heterocycles. The van der Waals surface area contributed by atoms with Gasteiger partial charge in [-0.2, -0.15) is 5.10 Å². The van der Waals surface area contributed by atoms with Crippen LogP contribution in [0.4, 0.5) is 0 Å². The van der Waals surface area contributed by atoms with E-state index in [2.05, 4.69) is 5.10 Å². The summed E-state index contributed by atoms with van der Waals surface area (Å²) >= 11 is 0. The molecule has 2 fully saturated rings. The van der Waals surface area contributed by atoms with Gasteiger partial charge in [0, 0.05) is 30.8 Å². The molecule has 6 heteroatoms. The third-order valence-electron chi connectivity index (χ3n) is 4.45. The minimum absolute atomic E-state index is 0.0931. The van der Waals surface area contributed by atoms with Crippen molar-refractivity contribution in [3.05, 3.63) is 18.0 Å². The van der Waals surface area contributed by atoms with E-state index in [0.717, 1.165) is 24.9 Å². The molecule has 0 radical (unpaired) electrons. The van der Waals surface area contributed by atoms with Crippen LogP contribution in [0.1, 0.15) is 50.6 Å². The van der Waals surface area contributed by atoms with E-state index in [9.17, 15) is 14.7 Å². The summed E-state index contributed by atoms with van der Waals surface area (Å²) < 4.78 is 1.79. The highest BCUT2D eigenvalue weighted by molar-refractivity contribution is 5.80. The average molecular weight is 291 g/mol.